The van der Waals surface area contributed by atoms with Crippen LogP contribution in [0.25, 0.3) is 87.6 Å². The predicted octanol–water partition coefficient (Wildman–Crippen LogP) is 12.0. The van der Waals surface area contributed by atoms with E-state index in [0.29, 0.717) is 5.56 Å². The fourth-order valence-electron chi connectivity index (χ4n) is 6.57. The molecule has 9 rings (SSSR count). The first kappa shape index (κ1) is 19.5. The van der Waals surface area contributed by atoms with Gasteiger partial charge in [-0.2, -0.15) is 0 Å². The third kappa shape index (κ3) is 3.79. The molecule has 0 bridgehead atoms. The Hall–Kier alpha value is -5.66. The molecule has 1 nitrogen and oxygen atoms in total. The minimum atomic E-state index is -0.400. The minimum absolute atomic E-state index is 0.206. The Morgan fingerprint density at radius 1 is 0.372 bits per heavy atom. The molecule has 0 saturated heterocycles. The van der Waals surface area contributed by atoms with E-state index in [-0.39, 0.29) is 29.7 Å². The Morgan fingerprint density at radius 3 is 1.51 bits per heavy atom. The zero-order valence-electron chi connectivity index (χ0n) is 28.0. The van der Waals surface area contributed by atoms with Crippen molar-refractivity contribution in [3.8, 4) is 33.4 Å². The zero-order valence-corrected chi connectivity index (χ0v) is 23.0. The number of fused-ring (bicyclic) bond motifs is 6. The second-order valence-electron chi connectivity index (χ2n) is 10.9. The van der Waals surface area contributed by atoms with Gasteiger partial charge in [-0.3, -0.25) is 0 Å². The Balaban J connectivity index is 1.31. The normalized spacial score (nSPS) is 13.3. The summed E-state index contributed by atoms with van der Waals surface area (Å²) in [6.45, 7) is 0. The van der Waals surface area contributed by atoms with Crippen LogP contribution < -0.4 is 0 Å². The van der Waals surface area contributed by atoms with Crippen LogP contribution in [0.5, 0.6) is 0 Å². The first-order chi connectivity index (χ1) is 23.4. The highest BCUT2D eigenvalue weighted by Crippen LogP contribution is 2.45. The summed E-state index contributed by atoms with van der Waals surface area (Å²) in [4.78, 5) is 0. The Morgan fingerprint density at radius 2 is 0.860 bits per heavy atom. The van der Waals surface area contributed by atoms with Crippen LogP contribution in [0, 0.1) is 0 Å². The molecule has 0 radical (unpaired) electrons. The third-order valence-electron chi connectivity index (χ3n) is 8.52. The van der Waals surface area contributed by atoms with Crippen molar-refractivity contribution in [3.63, 3.8) is 0 Å². The van der Waals surface area contributed by atoms with Gasteiger partial charge in [-0.25, -0.2) is 0 Å². The van der Waals surface area contributed by atoms with Gasteiger partial charge in [0.25, 0.3) is 0 Å². The lowest BCUT2D eigenvalue weighted by Crippen LogP contribution is -1.90. The molecule has 0 aliphatic carbocycles. The maximum atomic E-state index is 8.83. The van der Waals surface area contributed by atoms with Gasteiger partial charge in [0.1, 0.15) is 11.2 Å². The van der Waals surface area contributed by atoms with E-state index in [1.165, 1.54) is 10.8 Å². The number of hydrogen-bond acceptors (Lipinski definition) is 1. The molecule has 1 heterocycles. The summed E-state index contributed by atoms with van der Waals surface area (Å²) in [5, 5.41) is 7.94. The summed E-state index contributed by atoms with van der Waals surface area (Å²) in [7, 11) is 0. The average molecular weight is 552 g/mol. The molecule has 0 atom stereocenters. The molecule has 0 saturated carbocycles. The van der Waals surface area contributed by atoms with E-state index in [1.54, 1.807) is 0 Å². The summed E-state index contributed by atoms with van der Waals surface area (Å²) in [5.74, 6) is 0. The zero-order chi connectivity index (χ0) is 32.7. The monoisotopic (exact) mass is 551 g/mol. The highest BCUT2D eigenvalue weighted by atomic mass is 16.3. The smallest absolute Gasteiger partial charge is 0.135 e. The predicted molar refractivity (Wildman–Crippen MR) is 183 cm³/mol. The number of furan rings is 1. The largest absolute Gasteiger partial charge is 0.456 e. The second kappa shape index (κ2) is 9.44. The van der Waals surface area contributed by atoms with Crippen LogP contribution in [0.1, 0.15) is 6.85 Å². The van der Waals surface area contributed by atoms with E-state index in [4.69, 9.17) is 11.3 Å². The Kier molecular flexibility index (Phi) is 4.27. The van der Waals surface area contributed by atoms with E-state index in [0.717, 1.165) is 65.7 Å². The molecule has 0 N–H and O–H groups in total. The molecule has 0 spiro atoms. The van der Waals surface area contributed by atoms with Crippen molar-refractivity contribution in [2.75, 3.05) is 0 Å². The average Bonchev–Trinajstić information content (AvgIpc) is 3.50. The topological polar surface area (TPSA) is 13.1 Å². The van der Waals surface area contributed by atoms with Crippen LogP contribution >= 0.6 is 0 Å². The standard InChI is InChI=1S/C42H26O/c1-2-11-28(12-3-1)41-33-14-6-8-16-35(33)42(36-17-9-7-15-34(36)41)32-21-23-40-38(26-32)37-25-31(20-22-39(37)43-40)30-19-18-27-10-4-5-13-29(27)24-30/h1-26H/i1D,2D,3D,11D,12D. The fraction of sp³-hybridized carbons (Fsp3) is 0. The minimum Gasteiger partial charge on any atom is -0.456 e. The summed E-state index contributed by atoms with van der Waals surface area (Å²) in [5.41, 5.74) is 6.73. The fourth-order valence-corrected chi connectivity index (χ4v) is 6.57. The lowest BCUT2D eigenvalue weighted by Gasteiger charge is -2.17. The van der Waals surface area contributed by atoms with Crippen molar-refractivity contribution >= 4 is 54.3 Å². The summed E-state index contributed by atoms with van der Waals surface area (Å²) in [6.07, 6.45) is 0. The quantitative estimate of drug-likeness (QED) is 0.199. The van der Waals surface area contributed by atoms with Crippen LogP contribution in [-0.2, 0) is 0 Å². The lowest BCUT2D eigenvalue weighted by atomic mass is 9.86. The van der Waals surface area contributed by atoms with Gasteiger partial charge in [-0.05, 0) is 96.0 Å². The van der Waals surface area contributed by atoms with Crippen LogP contribution in [-0.4, -0.2) is 0 Å². The molecule has 43 heavy (non-hydrogen) atoms. The lowest BCUT2D eigenvalue weighted by molar-refractivity contribution is 0.669. The van der Waals surface area contributed by atoms with Gasteiger partial charge in [-0.15, -0.1) is 0 Å². The van der Waals surface area contributed by atoms with E-state index in [2.05, 4.69) is 66.7 Å². The highest BCUT2D eigenvalue weighted by Gasteiger charge is 2.18. The van der Waals surface area contributed by atoms with Gasteiger partial charge in [0, 0.05) is 10.8 Å². The molecule has 0 aliphatic heterocycles. The van der Waals surface area contributed by atoms with Crippen molar-refractivity contribution in [1.29, 1.82) is 0 Å². The molecule has 200 valence electrons. The molecule has 0 unspecified atom stereocenters. The second-order valence-corrected chi connectivity index (χ2v) is 10.9. The van der Waals surface area contributed by atoms with E-state index >= 15 is 0 Å². The van der Waals surface area contributed by atoms with E-state index < -0.39 is 6.04 Å². The molecular weight excluding hydrogens is 520 g/mol. The molecule has 1 aromatic heterocycles. The van der Waals surface area contributed by atoms with Crippen LogP contribution in [0.15, 0.2) is 162 Å². The first-order valence-electron chi connectivity index (χ1n) is 16.9. The summed E-state index contributed by atoms with van der Waals surface area (Å²) in [6, 6.07) is 41.9. The molecule has 0 fully saturated rings. The maximum Gasteiger partial charge on any atom is 0.135 e. The van der Waals surface area contributed by atoms with Crippen molar-refractivity contribution in [3.05, 3.63) is 158 Å². The van der Waals surface area contributed by atoms with Crippen LogP contribution in [0.3, 0.4) is 0 Å². The van der Waals surface area contributed by atoms with Crippen LogP contribution in [0.4, 0.5) is 0 Å². The van der Waals surface area contributed by atoms with Crippen molar-refractivity contribution in [2.24, 2.45) is 0 Å². The third-order valence-corrected chi connectivity index (χ3v) is 8.52. The number of hydrogen-bond donors (Lipinski definition) is 0. The molecule has 8 aromatic carbocycles. The van der Waals surface area contributed by atoms with Crippen molar-refractivity contribution < 1.29 is 11.3 Å². The van der Waals surface area contributed by atoms with Gasteiger partial charge >= 0.3 is 0 Å². The van der Waals surface area contributed by atoms with Gasteiger partial charge in [-0.1, -0.05) is 127 Å². The Labute approximate surface area is 256 Å². The van der Waals surface area contributed by atoms with Gasteiger partial charge in [0.15, 0.2) is 0 Å². The molecule has 0 amide bonds. The molecular formula is C42H26O. The molecule has 1 heteroatoms. The van der Waals surface area contributed by atoms with Gasteiger partial charge < -0.3 is 4.42 Å². The first-order valence-corrected chi connectivity index (χ1v) is 14.4. The molecule has 0 aliphatic rings. The van der Waals surface area contributed by atoms with E-state index in [9.17, 15) is 0 Å². The van der Waals surface area contributed by atoms with Crippen molar-refractivity contribution in [2.45, 2.75) is 0 Å². The van der Waals surface area contributed by atoms with Crippen molar-refractivity contribution in [1.82, 2.24) is 0 Å². The number of benzene rings is 8. The Bertz CT molecular complexity index is 2710. The summed E-state index contributed by atoms with van der Waals surface area (Å²) >= 11 is 0. The number of rotatable bonds is 3. The van der Waals surface area contributed by atoms with E-state index in [1.807, 2.05) is 60.7 Å². The van der Waals surface area contributed by atoms with Gasteiger partial charge in [0.05, 0.1) is 6.85 Å². The SMILES string of the molecule is [2H]c1c([2H])c([2H])c(-c2c3ccccc3c(-c3ccc4oc5ccc(-c6ccc7ccccc7c6)cc5c4c3)c3ccccc23)c([2H])c1[2H]. The van der Waals surface area contributed by atoms with Gasteiger partial charge in [0.2, 0.25) is 0 Å². The maximum absolute atomic E-state index is 8.83. The highest BCUT2D eigenvalue weighted by molar-refractivity contribution is 6.22. The molecule has 9 aromatic rings. The van der Waals surface area contributed by atoms with Crippen LogP contribution in [0.2, 0.25) is 0 Å². The summed E-state index contributed by atoms with van der Waals surface area (Å²) < 4.78 is 48.9.